The summed E-state index contributed by atoms with van der Waals surface area (Å²) in [5, 5.41) is 6.11. The Morgan fingerprint density at radius 2 is 1.64 bits per heavy atom. The summed E-state index contributed by atoms with van der Waals surface area (Å²) in [5.41, 5.74) is 1.77. The van der Waals surface area contributed by atoms with E-state index in [1.807, 2.05) is 19.9 Å². The first kappa shape index (κ1) is 19.3. The molecule has 144 valence electrons. The fourth-order valence-electron chi connectivity index (χ4n) is 2.63. The number of fused-ring (bicyclic) bond motifs is 1. The van der Waals surface area contributed by atoms with Gasteiger partial charge in [0.25, 0.3) is 5.56 Å². The highest BCUT2D eigenvalue weighted by Crippen LogP contribution is 2.15. The summed E-state index contributed by atoms with van der Waals surface area (Å²) in [7, 11) is 0. The minimum absolute atomic E-state index is 0.0637. The molecular formula is C21H22N4O3. The normalized spacial score (nSPS) is 10.8. The first-order valence-corrected chi connectivity index (χ1v) is 9.09. The van der Waals surface area contributed by atoms with Crippen molar-refractivity contribution in [2.45, 2.75) is 26.8 Å². The van der Waals surface area contributed by atoms with Gasteiger partial charge in [0.05, 0.1) is 17.2 Å². The summed E-state index contributed by atoms with van der Waals surface area (Å²) in [6, 6.07) is 14.0. The third-order valence-electron chi connectivity index (χ3n) is 4.27. The van der Waals surface area contributed by atoms with Gasteiger partial charge in [0.1, 0.15) is 0 Å². The van der Waals surface area contributed by atoms with Crippen LogP contribution in [0.25, 0.3) is 10.9 Å². The molecule has 2 aromatic carbocycles. The number of aromatic nitrogens is 2. The van der Waals surface area contributed by atoms with Crippen LogP contribution in [0.4, 0.5) is 11.4 Å². The highest BCUT2D eigenvalue weighted by Gasteiger charge is 2.09. The molecule has 0 radical (unpaired) electrons. The zero-order chi connectivity index (χ0) is 20.1. The quantitative estimate of drug-likeness (QED) is 0.689. The van der Waals surface area contributed by atoms with Crippen LogP contribution in [0.1, 0.15) is 20.3 Å². The van der Waals surface area contributed by atoms with Gasteiger partial charge < -0.3 is 10.6 Å². The number of amides is 2. The molecule has 0 saturated carbocycles. The zero-order valence-corrected chi connectivity index (χ0v) is 15.8. The fraction of sp³-hybridized carbons (Fsp3) is 0.238. The summed E-state index contributed by atoms with van der Waals surface area (Å²) in [5.74, 6) is -0.377. The summed E-state index contributed by atoms with van der Waals surface area (Å²) in [6.07, 6.45) is 1.61. The average molecular weight is 378 g/mol. The Balaban J connectivity index is 1.58. The lowest BCUT2D eigenvalue weighted by Crippen LogP contribution is -2.23. The van der Waals surface area contributed by atoms with E-state index in [4.69, 9.17) is 0 Å². The number of para-hydroxylation sites is 1. The topological polar surface area (TPSA) is 93.1 Å². The molecule has 28 heavy (non-hydrogen) atoms. The van der Waals surface area contributed by atoms with Crippen molar-refractivity contribution in [2.75, 3.05) is 10.6 Å². The van der Waals surface area contributed by atoms with Crippen LogP contribution in [0, 0.1) is 5.92 Å². The number of rotatable bonds is 6. The third-order valence-corrected chi connectivity index (χ3v) is 4.27. The van der Waals surface area contributed by atoms with Crippen LogP contribution in [-0.2, 0) is 16.1 Å². The van der Waals surface area contributed by atoms with Crippen LogP contribution in [0.2, 0.25) is 0 Å². The minimum atomic E-state index is -0.209. The highest BCUT2D eigenvalue weighted by molar-refractivity contribution is 5.93. The maximum Gasteiger partial charge on any atom is 0.261 e. The Kier molecular flexibility index (Phi) is 5.84. The van der Waals surface area contributed by atoms with Gasteiger partial charge in [0.2, 0.25) is 11.8 Å². The maximum absolute atomic E-state index is 12.4. The standard InChI is InChI=1S/C21H22N4O3/c1-14(2)20(27)24-16-9-7-15(8-10-16)23-19(26)11-12-25-13-22-18-6-4-3-5-17(18)21(25)28/h3-10,13-14H,11-12H2,1-2H3,(H,23,26)(H,24,27). The van der Waals surface area contributed by atoms with Crippen molar-refractivity contribution in [3.63, 3.8) is 0 Å². The molecule has 1 heterocycles. The Bertz CT molecular complexity index is 1060. The molecule has 3 aromatic rings. The van der Waals surface area contributed by atoms with Crippen molar-refractivity contribution >= 4 is 34.1 Å². The van der Waals surface area contributed by atoms with E-state index >= 15 is 0 Å². The van der Waals surface area contributed by atoms with E-state index in [9.17, 15) is 14.4 Å². The largest absolute Gasteiger partial charge is 0.326 e. The van der Waals surface area contributed by atoms with Crippen LogP contribution in [-0.4, -0.2) is 21.4 Å². The van der Waals surface area contributed by atoms with Gasteiger partial charge in [0, 0.05) is 30.3 Å². The first-order valence-electron chi connectivity index (χ1n) is 9.09. The molecule has 0 aliphatic carbocycles. The molecule has 0 bridgehead atoms. The summed E-state index contributed by atoms with van der Waals surface area (Å²) in [6.45, 7) is 3.88. The van der Waals surface area contributed by atoms with Crippen molar-refractivity contribution in [1.29, 1.82) is 0 Å². The van der Waals surface area contributed by atoms with Gasteiger partial charge >= 0.3 is 0 Å². The second kappa shape index (κ2) is 8.47. The Labute approximate surface area is 162 Å². The molecule has 0 unspecified atom stereocenters. The summed E-state index contributed by atoms with van der Waals surface area (Å²) < 4.78 is 1.44. The third kappa shape index (κ3) is 4.62. The zero-order valence-electron chi connectivity index (χ0n) is 15.8. The lowest BCUT2D eigenvalue weighted by molar-refractivity contribution is -0.119. The number of nitrogens with one attached hydrogen (secondary N) is 2. The lowest BCUT2D eigenvalue weighted by Gasteiger charge is -2.10. The van der Waals surface area contributed by atoms with Gasteiger partial charge in [-0.15, -0.1) is 0 Å². The Morgan fingerprint density at radius 3 is 2.32 bits per heavy atom. The monoisotopic (exact) mass is 378 g/mol. The van der Waals surface area contributed by atoms with E-state index in [0.29, 0.717) is 22.3 Å². The predicted molar refractivity (Wildman–Crippen MR) is 109 cm³/mol. The molecule has 0 atom stereocenters. The van der Waals surface area contributed by atoms with Crippen molar-refractivity contribution in [1.82, 2.24) is 9.55 Å². The van der Waals surface area contributed by atoms with Crippen LogP contribution in [0.5, 0.6) is 0 Å². The molecule has 7 nitrogen and oxygen atoms in total. The van der Waals surface area contributed by atoms with Gasteiger partial charge in [-0.05, 0) is 36.4 Å². The Morgan fingerprint density at radius 1 is 1.00 bits per heavy atom. The number of carbonyl (C=O) groups excluding carboxylic acids is 2. The van der Waals surface area contributed by atoms with Crippen molar-refractivity contribution in [2.24, 2.45) is 5.92 Å². The van der Waals surface area contributed by atoms with E-state index in [-0.39, 0.29) is 36.3 Å². The van der Waals surface area contributed by atoms with E-state index in [0.717, 1.165) is 0 Å². The predicted octanol–water partition coefficient (Wildman–Crippen LogP) is 3.02. The molecule has 0 aliphatic heterocycles. The number of nitrogens with zero attached hydrogens (tertiary/aromatic N) is 2. The SMILES string of the molecule is CC(C)C(=O)Nc1ccc(NC(=O)CCn2cnc3ccccc3c2=O)cc1. The lowest BCUT2D eigenvalue weighted by atomic mass is 10.2. The second-order valence-electron chi connectivity index (χ2n) is 6.78. The number of anilines is 2. The van der Waals surface area contributed by atoms with Crippen LogP contribution >= 0.6 is 0 Å². The molecular weight excluding hydrogens is 356 g/mol. The molecule has 0 fully saturated rings. The number of benzene rings is 2. The smallest absolute Gasteiger partial charge is 0.261 e. The summed E-state index contributed by atoms with van der Waals surface area (Å²) in [4.78, 5) is 40.6. The van der Waals surface area contributed by atoms with Crippen molar-refractivity contribution < 1.29 is 9.59 Å². The van der Waals surface area contributed by atoms with Crippen molar-refractivity contribution in [3.8, 4) is 0 Å². The van der Waals surface area contributed by atoms with E-state index in [1.54, 1.807) is 42.5 Å². The van der Waals surface area contributed by atoms with Gasteiger partial charge in [0.15, 0.2) is 0 Å². The Hall–Kier alpha value is -3.48. The van der Waals surface area contributed by atoms with Gasteiger partial charge in [-0.2, -0.15) is 0 Å². The number of hydrogen-bond donors (Lipinski definition) is 2. The molecule has 3 rings (SSSR count). The van der Waals surface area contributed by atoms with Gasteiger partial charge in [-0.3, -0.25) is 19.0 Å². The van der Waals surface area contributed by atoms with Crippen LogP contribution in [0.3, 0.4) is 0 Å². The van der Waals surface area contributed by atoms with E-state index in [2.05, 4.69) is 15.6 Å². The van der Waals surface area contributed by atoms with Gasteiger partial charge in [-0.25, -0.2) is 4.98 Å². The molecule has 0 saturated heterocycles. The minimum Gasteiger partial charge on any atom is -0.326 e. The van der Waals surface area contributed by atoms with Crippen molar-refractivity contribution in [3.05, 3.63) is 65.2 Å². The van der Waals surface area contributed by atoms with E-state index in [1.165, 1.54) is 10.9 Å². The second-order valence-corrected chi connectivity index (χ2v) is 6.78. The molecule has 7 heteroatoms. The molecule has 2 N–H and O–H groups in total. The number of carbonyl (C=O) groups is 2. The fourth-order valence-corrected chi connectivity index (χ4v) is 2.63. The molecule has 2 amide bonds. The average Bonchev–Trinajstić information content (AvgIpc) is 2.69. The number of hydrogen-bond acceptors (Lipinski definition) is 4. The summed E-state index contributed by atoms with van der Waals surface area (Å²) >= 11 is 0. The number of aryl methyl sites for hydroxylation is 1. The molecule has 0 aliphatic rings. The van der Waals surface area contributed by atoms with E-state index < -0.39 is 0 Å². The highest BCUT2D eigenvalue weighted by atomic mass is 16.2. The van der Waals surface area contributed by atoms with Crippen LogP contribution < -0.4 is 16.2 Å². The first-order chi connectivity index (χ1) is 13.4. The molecule has 0 spiro atoms. The van der Waals surface area contributed by atoms with Gasteiger partial charge in [-0.1, -0.05) is 26.0 Å². The van der Waals surface area contributed by atoms with Crippen LogP contribution in [0.15, 0.2) is 59.7 Å². The molecule has 1 aromatic heterocycles. The maximum atomic E-state index is 12.4.